The first-order chi connectivity index (χ1) is 14.9. The summed E-state index contributed by atoms with van der Waals surface area (Å²) < 4.78 is 7.82. The lowest BCUT2D eigenvalue weighted by Gasteiger charge is -2.38. The molecule has 4 heterocycles. The fourth-order valence-electron chi connectivity index (χ4n) is 4.14. The first-order valence-electron chi connectivity index (χ1n) is 10.7. The number of anilines is 1. The molecular weight excluding hydrogens is 390 g/mol. The summed E-state index contributed by atoms with van der Waals surface area (Å²) in [7, 11) is 1.73. The molecule has 0 spiro atoms. The van der Waals surface area contributed by atoms with Crippen LogP contribution < -0.4 is 15.2 Å². The molecule has 7 heteroatoms. The van der Waals surface area contributed by atoms with E-state index in [0.29, 0.717) is 23.0 Å². The molecule has 7 nitrogen and oxygen atoms in total. The zero-order valence-electron chi connectivity index (χ0n) is 18.4. The van der Waals surface area contributed by atoms with E-state index < -0.39 is 0 Å². The molecule has 0 radical (unpaired) electrons. The number of hydrogen-bond acceptors (Lipinski definition) is 6. The Morgan fingerprint density at radius 3 is 2.77 bits per heavy atom. The van der Waals surface area contributed by atoms with Crippen molar-refractivity contribution in [1.29, 1.82) is 5.26 Å². The van der Waals surface area contributed by atoms with E-state index in [1.807, 2.05) is 12.1 Å². The molecular formula is C24H27N5O2. The molecule has 0 saturated carbocycles. The predicted molar refractivity (Wildman–Crippen MR) is 120 cm³/mol. The lowest BCUT2D eigenvalue weighted by atomic mass is 9.95. The number of hydrogen-bond donors (Lipinski definition) is 0. The van der Waals surface area contributed by atoms with E-state index in [-0.39, 0.29) is 17.6 Å². The van der Waals surface area contributed by atoms with Gasteiger partial charge >= 0.3 is 0 Å². The smallest absolute Gasteiger partial charge is 0.252 e. The maximum Gasteiger partial charge on any atom is 0.252 e. The van der Waals surface area contributed by atoms with Gasteiger partial charge in [0.05, 0.1) is 11.2 Å². The van der Waals surface area contributed by atoms with Gasteiger partial charge in [-0.05, 0) is 29.7 Å². The van der Waals surface area contributed by atoms with Gasteiger partial charge in [0.2, 0.25) is 5.88 Å². The van der Waals surface area contributed by atoms with Crippen LogP contribution in [0.1, 0.15) is 44.4 Å². The maximum atomic E-state index is 12.5. The topological polar surface area (TPSA) is 84.0 Å². The molecule has 2 atom stereocenters. The van der Waals surface area contributed by atoms with E-state index in [1.54, 1.807) is 36.0 Å². The van der Waals surface area contributed by atoms with Gasteiger partial charge in [0.25, 0.3) is 5.56 Å². The number of aromatic nitrogens is 3. The molecule has 1 aliphatic rings. The summed E-state index contributed by atoms with van der Waals surface area (Å²) >= 11 is 0. The molecule has 3 aromatic rings. The molecule has 0 aromatic carbocycles. The van der Waals surface area contributed by atoms with Gasteiger partial charge in [0.15, 0.2) is 0 Å². The molecule has 31 heavy (non-hydrogen) atoms. The normalized spacial score (nSPS) is 18.9. The van der Waals surface area contributed by atoms with Gasteiger partial charge in [-0.15, -0.1) is 0 Å². The predicted octanol–water partition coefficient (Wildman–Crippen LogP) is 3.62. The monoisotopic (exact) mass is 417 g/mol. The van der Waals surface area contributed by atoms with Crippen LogP contribution in [0, 0.1) is 17.2 Å². The number of nitrogens with zero attached hydrogens (tertiary/aromatic N) is 5. The minimum atomic E-state index is -0.0882. The van der Waals surface area contributed by atoms with Crippen molar-refractivity contribution < 1.29 is 4.74 Å². The molecule has 0 amide bonds. The number of nitriles is 1. The number of aryl methyl sites for hydroxylation is 1. The number of rotatable bonds is 4. The minimum Gasteiger partial charge on any atom is -0.474 e. The Kier molecular flexibility index (Phi) is 5.64. The maximum absolute atomic E-state index is 12.5. The fourth-order valence-corrected chi connectivity index (χ4v) is 4.14. The van der Waals surface area contributed by atoms with Crippen molar-refractivity contribution in [2.45, 2.75) is 39.2 Å². The second kappa shape index (κ2) is 8.38. The van der Waals surface area contributed by atoms with Crippen LogP contribution in [-0.4, -0.2) is 33.7 Å². The zero-order chi connectivity index (χ0) is 22.1. The molecule has 0 unspecified atom stereocenters. The fraction of sp³-hybridized carbons (Fsp3) is 0.417. The van der Waals surface area contributed by atoms with Crippen LogP contribution in [0.3, 0.4) is 0 Å². The molecule has 0 bridgehead atoms. The molecule has 0 N–H and O–H groups in total. The highest BCUT2D eigenvalue weighted by molar-refractivity contribution is 5.88. The lowest BCUT2D eigenvalue weighted by molar-refractivity contribution is 0.116. The molecule has 1 aliphatic heterocycles. The summed E-state index contributed by atoms with van der Waals surface area (Å²) in [5, 5.41) is 9.28. The van der Waals surface area contributed by atoms with Crippen molar-refractivity contribution in [3.63, 3.8) is 0 Å². The van der Waals surface area contributed by atoms with E-state index >= 15 is 0 Å². The van der Waals surface area contributed by atoms with Crippen molar-refractivity contribution >= 4 is 16.7 Å². The third kappa shape index (κ3) is 4.11. The Morgan fingerprint density at radius 1 is 1.26 bits per heavy atom. The lowest BCUT2D eigenvalue weighted by Crippen LogP contribution is -2.45. The third-order valence-corrected chi connectivity index (χ3v) is 6.05. The second-order valence-corrected chi connectivity index (χ2v) is 8.55. The second-order valence-electron chi connectivity index (χ2n) is 8.55. The Bertz CT molecular complexity index is 1210. The van der Waals surface area contributed by atoms with E-state index in [0.717, 1.165) is 30.7 Å². The number of ether oxygens (including phenoxy) is 1. The van der Waals surface area contributed by atoms with Gasteiger partial charge in [-0.3, -0.25) is 4.79 Å². The average molecular weight is 418 g/mol. The minimum absolute atomic E-state index is 0.0478. The van der Waals surface area contributed by atoms with Crippen LogP contribution >= 0.6 is 0 Å². The Balaban J connectivity index is 1.59. The summed E-state index contributed by atoms with van der Waals surface area (Å²) in [6.07, 6.45) is 2.66. The van der Waals surface area contributed by atoms with Gasteiger partial charge in [-0.1, -0.05) is 20.8 Å². The molecule has 160 valence electrons. The summed E-state index contributed by atoms with van der Waals surface area (Å²) in [6.45, 7) is 7.93. The molecule has 0 aliphatic carbocycles. The highest BCUT2D eigenvalue weighted by Gasteiger charge is 2.29. The van der Waals surface area contributed by atoms with Gasteiger partial charge in [-0.25, -0.2) is 9.97 Å². The molecule has 4 rings (SSSR count). The van der Waals surface area contributed by atoms with E-state index in [2.05, 4.69) is 41.7 Å². The number of pyridine rings is 3. The third-order valence-electron chi connectivity index (χ3n) is 6.05. The van der Waals surface area contributed by atoms with Crippen LogP contribution in [0.4, 0.5) is 5.69 Å². The number of fused-ring (bicyclic) bond motifs is 1. The van der Waals surface area contributed by atoms with Crippen LogP contribution in [0.15, 0.2) is 41.3 Å². The van der Waals surface area contributed by atoms with Gasteiger partial charge in [0.1, 0.15) is 23.4 Å². The van der Waals surface area contributed by atoms with Gasteiger partial charge < -0.3 is 14.2 Å². The van der Waals surface area contributed by atoms with Crippen LogP contribution in [0.5, 0.6) is 5.88 Å². The van der Waals surface area contributed by atoms with Crippen molar-refractivity contribution in [3.05, 3.63) is 58.1 Å². The first-order valence-corrected chi connectivity index (χ1v) is 10.7. The highest BCUT2D eigenvalue weighted by atomic mass is 16.5. The quantitative estimate of drug-likeness (QED) is 0.645. The molecule has 3 aromatic heterocycles. The van der Waals surface area contributed by atoms with Gasteiger partial charge in [0, 0.05) is 50.8 Å². The summed E-state index contributed by atoms with van der Waals surface area (Å²) in [5.74, 6) is 1.32. The van der Waals surface area contributed by atoms with Crippen LogP contribution in [-0.2, 0) is 7.05 Å². The summed E-state index contributed by atoms with van der Waals surface area (Å²) in [5.41, 5.74) is 3.65. The van der Waals surface area contributed by atoms with E-state index in [9.17, 15) is 10.1 Å². The molecule has 1 fully saturated rings. The standard InChI is InChI=1S/C24H27N5O2/c1-15(2)17-7-9-26-22(11-17)31-21-8-10-29(14-16(21)3)20-12-23(30)28(4)19-6-5-18(13-25)27-24(19)20/h5-7,9,11-12,15-16,21H,8,10,14H2,1-4H3/t16-,21+/m1/s1. The van der Waals surface area contributed by atoms with Crippen LogP contribution in [0.2, 0.25) is 0 Å². The van der Waals surface area contributed by atoms with Crippen molar-refractivity contribution in [3.8, 4) is 11.9 Å². The Labute approximate surface area is 181 Å². The first kappa shape index (κ1) is 20.9. The van der Waals surface area contributed by atoms with Crippen molar-refractivity contribution in [2.24, 2.45) is 13.0 Å². The van der Waals surface area contributed by atoms with E-state index in [1.165, 1.54) is 5.56 Å². The number of piperidine rings is 1. The summed E-state index contributed by atoms with van der Waals surface area (Å²) in [4.78, 5) is 23.6. The van der Waals surface area contributed by atoms with Crippen molar-refractivity contribution in [2.75, 3.05) is 18.0 Å². The van der Waals surface area contributed by atoms with Crippen LogP contribution in [0.25, 0.3) is 11.0 Å². The van der Waals surface area contributed by atoms with Crippen molar-refractivity contribution in [1.82, 2.24) is 14.5 Å². The molecule has 1 saturated heterocycles. The Morgan fingerprint density at radius 2 is 2.06 bits per heavy atom. The largest absolute Gasteiger partial charge is 0.474 e. The SMILES string of the molecule is CC(C)c1ccnc(O[C@H]2CCN(c3cc(=O)n(C)c4ccc(C#N)nc34)C[C@H]2C)c1. The summed E-state index contributed by atoms with van der Waals surface area (Å²) in [6, 6.07) is 11.2. The highest BCUT2D eigenvalue weighted by Crippen LogP contribution is 2.30. The van der Waals surface area contributed by atoms with Gasteiger partial charge in [-0.2, -0.15) is 5.26 Å². The average Bonchev–Trinajstić information content (AvgIpc) is 2.77. The van der Waals surface area contributed by atoms with E-state index in [4.69, 9.17) is 4.74 Å². The Hall–Kier alpha value is -3.40. The zero-order valence-corrected chi connectivity index (χ0v) is 18.4.